The third kappa shape index (κ3) is 5.71. The lowest BCUT2D eigenvalue weighted by molar-refractivity contribution is -0.122. The van der Waals surface area contributed by atoms with Gasteiger partial charge in [0.25, 0.3) is 15.9 Å². The molecule has 1 atom stereocenters. The number of benzene rings is 1. The molecular formula is C21H24ClN3O6S4. The summed E-state index contributed by atoms with van der Waals surface area (Å²) in [5.41, 5.74) is 0.744. The van der Waals surface area contributed by atoms with Crippen LogP contribution in [0, 0.1) is 5.92 Å². The normalized spacial score (nSPS) is 18.4. The van der Waals surface area contributed by atoms with Crippen molar-refractivity contribution >= 4 is 70.3 Å². The van der Waals surface area contributed by atoms with E-state index in [9.17, 15) is 21.6 Å². The smallest absolute Gasteiger partial charge is 0.252 e. The number of thiazole rings is 1. The highest BCUT2D eigenvalue weighted by molar-refractivity contribution is 7.91. The lowest BCUT2D eigenvalue weighted by atomic mass is 9.99. The Kier molecular flexibility index (Phi) is 7.86. The number of carbonyl (C=O) groups is 1. The van der Waals surface area contributed by atoms with Gasteiger partial charge in [-0.25, -0.2) is 16.8 Å². The first-order valence-electron chi connectivity index (χ1n) is 10.7. The zero-order valence-corrected chi connectivity index (χ0v) is 23.0. The molecule has 35 heavy (non-hydrogen) atoms. The lowest BCUT2D eigenvalue weighted by Gasteiger charge is -2.29. The van der Waals surface area contributed by atoms with Crippen molar-refractivity contribution in [2.75, 3.05) is 33.1 Å². The van der Waals surface area contributed by atoms with Crippen molar-refractivity contribution < 1.29 is 26.4 Å². The first kappa shape index (κ1) is 26.5. The van der Waals surface area contributed by atoms with Gasteiger partial charge >= 0.3 is 0 Å². The van der Waals surface area contributed by atoms with Crippen molar-refractivity contribution in [3.8, 4) is 0 Å². The largest absolute Gasteiger partial charge is 0.383 e. The van der Waals surface area contributed by atoms with Crippen molar-refractivity contribution in [3.63, 3.8) is 0 Å². The Morgan fingerprint density at radius 2 is 1.97 bits per heavy atom. The van der Waals surface area contributed by atoms with Crippen LogP contribution >= 0.6 is 34.3 Å². The number of ether oxygens (including phenoxy) is 1. The number of sulfone groups is 1. The second-order valence-electron chi connectivity index (χ2n) is 8.14. The van der Waals surface area contributed by atoms with Crippen molar-refractivity contribution in [2.45, 2.75) is 28.5 Å². The van der Waals surface area contributed by atoms with Gasteiger partial charge in [-0.05, 0) is 43.2 Å². The van der Waals surface area contributed by atoms with E-state index in [1.165, 1.54) is 33.8 Å². The van der Waals surface area contributed by atoms with Crippen LogP contribution in [0.15, 0.2) is 44.4 Å². The van der Waals surface area contributed by atoms with Crippen LogP contribution in [0.3, 0.4) is 0 Å². The van der Waals surface area contributed by atoms with Gasteiger partial charge < -0.3 is 9.30 Å². The van der Waals surface area contributed by atoms with E-state index < -0.39 is 31.7 Å². The molecule has 1 unspecified atom stereocenters. The summed E-state index contributed by atoms with van der Waals surface area (Å²) in [6.45, 7) is 1.17. The molecule has 1 amide bonds. The van der Waals surface area contributed by atoms with E-state index in [-0.39, 0.29) is 15.6 Å². The molecule has 0 N–H and O–H groups in total. The van der Waals surface area contributed by atoms with Crippen LogP contribution in [0.1, 0.15) is 12.8 Å². The molecule has 1 aliphatic rings. The fraction of sp³-hybridized carbons (Fsp3) is 0.429. The lowest BCUT2D eigenvalue weighted by Crippen LogP contribution is -2.42. The van der Waals surface area contributed by atoms with Gasteiger partial charge in [0.15, 0.2) is 14.6 Å². The van der Waals surface area contributed by atoms with E-state index in [1.54, 1.807) is 19.2 Å². The summed E-state index contributed by atoms with van der Waals surface area (Å²) in [6.07, 6.45) is 2.21. The highest BCUT2D eigenvalue weighted by atomic mass is 35.5. The number of amides is 1. The van der Waals surface area contributed by atoms with Gasteiger partial charge in [0, 0.05) is 33.0 Å². The molecule has 190 valence electrons. The number of halogens is 1. The number of nitrogens with zero attached hydrogens (tertiary/aromatic N) is 3. The number of piperidine rings is 1. The molecule has 0 saturated carbocycles. The SMILES string of the molecule is COCCn1c(=NC(=O)C2CCCN(S(=O)(=O)c3ccc(Cl)s3)C2)sc2cc(S(C)(=O)=O)ccc21. The predicted octanol–water partition coefficient (Wildman–Crippen LogP) is 3.00. The summed E-state index contributed by atoms with van der Waals surface area (Å²) in [5, 5.41) is 0. The average Bonchev–Trinajstić information content (AvgIpc) is 3.40. The van der Waals surface area contributed by atoms with Gasteiger partial charge in [-0.3, -0.25) is 4.79 Å². The number of carbonyl (C=O) groups excluding carboxylic acids is 1. The maximum absolute atomic E-state index is 13.2. The van der Waals surface area contributed by atoms with Crippen LogP contribution in [0.25, 0.3) is 10.2 Å². The Labute approximate surface area is 216 Å². The van der Waals surface area contributed by atoms with Crippen LogP contribution in [0.4, 0.5) is 0 Å². The number of rotatable bonds is 7. The number of sulfonamides is 1. The Morgan fingerprint density at radius 1 is 1.20 bits per heavy atom. The van der Waals surface area contributed by atoms with Gasteiger partial charge in [0.1, 0.15) is 4.21 Å². The van der Waals surface area contributed by atoms with E-state index in [0.29, 0.717) is 46.4 Å². The average molecular weight is 578 g/mol. The standard InChI is InChI=1S/C21H24ClN3O6S4/c1-31-11-10-25-16-6-5-15(34(2,27)28)12-17(16)32-21(25)23-20(26)14-4-3-9-24(13-14)35(29,30)19-8-7-18(22)33-19/h5-8,12,14H,3-4,9-11,13H2,1-2H3. The number of aromatic nitrogens is 1. The van der Waals surface area contributed by atoms with Gasteiger partial charge in [-0.1, -0.05) is 22.9 Å². The topological polar surface area (TPSA) is 115 Å². The molecule has 9 nitrogen and oxygen atoms in total. The highest BCUT2D eigenvalue weighted by Gasteiger charge is 2.34. The molecule has 1 saturated heterocycles. The Balaban J connectivity index is 1.66. The second-order valence-corrected chi connectivity index (χ2v) is 15.0. The van der Waals surface area contributed by atoms with Crippen LogP contribution in [0.5, 0.6) is 0 Å². The molecule has 3 aromatic rings. The van der Waals surface area contributed by atoms with Gasteiger partial charge in [0.2, 0.25) is 0 Å². The predicted molar refractivity (Wildman–Crippen MR) is 136 cm³/mol. The Hall–Kier alpha value is -1.61. The van der Waals surface area contributed by atoms with E-state index in [1.807, 2.05) is 4.57 Å². The highest BCUT2D eigenvalue weighted by Crippen LogP contribution is 2.31. The van der Waals surface area contributed by atoms with Crippen LogP contribution < -0.4 is 4.80 Å². The van der Waals surface area contributed by atoms with Crippen LogP contribution in [-0.4, -0.2) is 64.7 Å². The number of methoxy groups -OCH3 is 1. The maximum Gasteiger partial charge on any atom is 0.252 e. The number of thiophene rings is 1. The Bertz CT molecular complexity index is 1540. The first-order valence-corrected chi connectivity index (χ1v) is 16.0. The molecule has 3 heterocycles. The third-order valence-corrected chi connectivity index (χ3v) is 11.4. The summed E-state index contributed by atoms with van der Waals surface area (Å²) in [5.74, 6) is -0.989. The molecule has 2 aromatic heterocycles. The van der Waals surface area contributed by atoms with Gasteiger partial charge in [-0.15, -0.1) is 11.3 Å². The van der Waals surface area contributed by atoms with E-state index in [0.717, 1.165) is 23.1 Å². The first-order chi connectivity index (χ1) is 16.5. The minimum Gasteiger partial charge on any atom is -0.383 e. The Morgan fingerprint density at radius 3 is 2.63 bits per heavy atom. The van der Waals surface area contributed by atoms with E-state index in [2.05, 4.69) is 4.99 Å². The molecule has 0 aliphatic carbocycles. The van der Waals surface area contributed by atoms with Gasteiger partial charge in [-0.2, -0.15) is 9.30 Å². The summed E-state index contributed by atoms with van der Waals surface area (Å²) < 4.78 is 59.5. The summed E-state index contributed by atoms with van der Waals surface area (Å²) in [7, 11) is -5.57. The summed E-state index contributed by atoms with van der Waals surface area (Å²) in [6, 6.07) is 7.81. The van der Waals surface area contributed by atoms with Crippen LogP contribution in [-0.2, 0) is 35.9 Å². The molecule has 1 aromatic carbocycles. The maximum atomic E-state index is 13.2. The number of hydrogen-bond acceptors (Lipinski definition) is 8. The molecule has 0 bridgehead atoms. The quantitative estimate of drug-likeness (QED) is 0.426. The molecule has 1 fully saturated rings. The van der Waals surface area contributed by atoms with Gasteiger partial charge in [0.05, 0.1) is 32.0 Å². The molecular weight excluding hydrogens is 554 g/mol. The fourth-order valence-corrected chi connectivity index (χ4v) is 8.86. The van der Waals surface area contributed by atoms with Crippen molar-refractivity contribution in [1.29, 1.82) is 0 Å². The number of fused-ring (bicyclic) bond motifs is 1. The van der Waals surface area contributed by atoms with E-state index in [4.69, 9.17) is 16.3 Å². The molecule has 14 heteroatoms. The zero-order valence-electron chi connectivity index (χ0n) is 19.0. The minimum atomic E-state index is -3.74. The minimum absolute atomic E-state index is 0.0430. The third-order valence-electron chi connectivity index (χ3n) is 5.68. The molecule has 0 spiro atoms. The van der Waals surface area contributed by atoms with Crippen molar-refractivity contribution in [1.82, 2.24) is 8.87 Å². The molecule has 1 aliphatic heterocycles. The van der Waals surface area contributed by atoms with Crippen molar-refractivity contribution in [3.05, 3.63) is 39.5 Å². The zero-order chi connectivity index (χ0) is 25.4. The van der Waals surface area contributed by atoms with Crippen LogP contribution in [0.2, 0.25) is 4.34 Å². The summed E-state index contributed by atoms with van der Waals surface area (Å²) >= 11 is 8.12. The molecule has 4 rings (SSSR count). The fourth-order valence-electron chi connectivity index (χ4n) is 3.88. The van der Waals surface area contributed by atoms with E-state index >= 15 is 0 Å². The summed E-state index contributed by atoms with van der Waals surface area (Å²) in [4.78, 5) is 18.1. The second kappa shape index (κ2) is 10.4. The monoisotopic (exact) mass is 577 g/mol. The molecule has 0 radical (unpaired) electrons. The number of hydrogen-bond donors (Lipinski definition) is 0. The van der Waals surface area contributed by atoms with Crippen molar-refractivity contribution in [2.24, 2.45) is 10.9 Å².